The summed E-state index contributed by atoms with van der Waals surface area (Å²) >= 11 is 0. The molecule has 1 aliphatic heterocycles. The maximum Gasteiger partial charge on any atom is 0.310 e. The smallest absolute Gasteiger partial charge is 0.310 e. The normalized spacial score (nSPS) is 49.9. The average molecular weight is 196 g/mol. The number of ether oxygens (including phenoxy) is 1. The quantitative estimate of drug-likeness (QED) is 0.635. The van der Waals surface area contributed by atoms with E-state index in [-0.39, 0.29) is 23.9 Å². The minimum absolute atomic E-state index is 0.0150. The van der Waals surface area contributed by atoms with E-state index in [9.17, 15) is 9.90 Å². The predicted octanol–water partition coefficient (Wildman–Crippen LogP) is 0.955. The third-order valence-corrected chi connectivity index (χ3v) is 4.30. The molecular weight excluding hydrogens is 180 g/mol. The molecule has 0 spiro atoms. The van der Waals surface area contributed by atoms with Crippen LogP contribution in [0.15, 0.2) is 0 Å². The van der Waals surface area contributed by atoms with Crippen LogP contribution in [0.4, 0.5) is 0 Å². The molecular formula is C11H16O3. The molecule has 0 aromatic rings. The Morgan fingerprint density at radius 2 is 2.14 bits per heavy atom. The number of carbonyl (C=O) groups excluding carboxylic acids is 1. The summed E-state index contributed by atoms with van der Waals surface area (Å²) in [6.45, 7) is 3.64. The summed E-state index contributed by atoms with van der Waals surface area (Å²) in [5.74, 6) is 0.954. The molecule has 3 fully saturated rings. The van der Waals surface area contributed by atoms with E-state index in [2.05, 4.69) is 0 Å². The highest BCUT2D eigenvalue weighted by molar-refractivity contribution is 5.77. The predicted molar refractivity (Wildman–Crippen MR) is 49.4 cm³/mol. The summed E-state index contributed by atoms with van der Waals surface area (Å²) < 4.78 is 5.31. The first kappa shape index (κ1) is 8.72. The van der Waals surface area contributed by atoms with Crippen molar-refractivity contribution in [2.24, 2.45) is 23.7 Å². The second kappa shape index (κ2) is 2.32. The number of hydrogen-bond acceptors (Lipinski definition) is 3. The summed E-state index contributed by atoms with van der Waals surface area (Å²) in [5, 5.41) is 10.1. The van der Waals surface area contributed by atoms with E-state index in [0.29, 0.717) is 11.8 Å². The largest absolute Gasteiger partial charge is 0.462 e. The standard InChI is InChI=1S/C11H16O3/c1-11(2,13)9-5-3-6-7(4-5)14-10(12)8(6)9/h5-9,13H,3-4H2,1-2H3/t5-,6+,7+,8+,9-/m1/s1. The Morgan fingerprint density at radius 1 is 1.43 bits per heavy atom. The molecule has 0 radical (unpaired) electrons. The van der Waals surface area contributed by atoms with Crippen molar-refractivity contribution < 1.29 is 14.6 Å². The number of esters is 1. The Balaban J connectivity index is 1.99. The van der Waals surface area contributed by atoms with E-state index in [4.69, 9.17) is 4.74 Å². The molecule has 2 aliphatic carbocycles. The molecule has 1 N–H and O–H groups in total. The van der Waals surface area contributed by atoms with E-state index in [1.807, 2.05) is 13.8 Å². The molecule has 3 aliphatic rings. The van der Waals surface area contributed by atoms with Gasteiger partial charge >= 0.3 is 5.97 Å². The van der Waals surface area contributed by atoms with Crippen molar-refractivity contribution in [3.63, 3.8) is 0 Å². The van der Waals surface area contributed by atoms with Crippen molar-refractivity contribution in [3.8, 4) is 0 Å². The van der Waals surface area contributed by atoms with E-state index in [1.165, 1.54) is 0 Å². The molecule has 1 saturated heterocycles. The SMILES string of the molecule is CC(C)(O)[C@@H]1[C@@H]2C[C@@H]3[C@@H]1C(=O)O[C@H]3C2. The topological polar surface area (TPSA) is 46.5 Å². The molecule has 1 heterocycles. The van der Waals surface area contributed by atoms with Gasteiger partial charge in [0.1, 0.15) is 6.10 Å². The number of fused-ring (bicyclic) bond motifs is 1. The Bertz CT molecular complexity index is 289. The third kappa shape index (κ3) is 0.888. The molecule has 78 valence electrons. The van der Waals surface area contributed by atoms with E-state index >= 15 is 0 Å². The molecule has 2 saturated carbocycles. The van der Waals surface area contributed by atoms with Gasteiger partial charge in [0.15, 0.2) is 0 Å². The fourth-order valence-electron chi connectivity index (χ4n) is 4.00. The van der Waals surface area contributed by atoms with Crippen molar-refractivity contribution in [3.05, 3.63) is 0 Å². The lowest BCUT2D eigenvalue weighted by Crippen LogP contribution is -2.41. The van der Waals surface area contributed by atoms with Crippen LogP contribution in [0.2, 0.25) is 0 Å². The molecule has 5 atom stereocenters. The highest BCUT2D eigenvalue weighted by atomic mass is 16.6. The third-order valence-electron chi connectivity index (χ3n) is 4.30. The van der Waals surface area contributed by atoms with Crippen molar-refractivity contribution >= 4 is 5.97 Å². The first-order chi connectivity index (χ1) is 6.48. The Hall–Kier alpha value is -0.570. The maximum absolute atomic E-state index is 11.6. The van der Waals surface area contributed by atoms with Crippen LogP contribution in [-0.2, 0) is 9.53 Å². The zero-order valence-electron chi connectivity index (χ0n) is 8.56. The van der Waals surface area contributed by atoms with Crippen molar-refractivity contribution in [2.75, 3.05) is 0 Å². The number of aliphatic hydroxyl groups is 1. The number of carbonyl (C=O) groups is 1. The molecule has 14 heavy (non-hydrogen) atoms. The van der Waals surface area contributed by atoms with Crippen molar-refractivity contribution in [1.82, 2.24) is 0 Å². The minimum atomic E-state index is -0.738. The lowest BCUT2D eigenvalue weighted by atomic mass is 9.72. The minimum Gasteiger partial charge on any atom is -0.462 e. The van der Waals surface area contributed by atoms with Gasteiger partial charge in [0.25, 0.3) is 0 Å². The first-order valence-electron chi connectivity index (χ1n) is 5.41. The van der Waals surface area contributed by atoms with Crippen LogP contribution in [0.1, 0.15) is 26.7 Å². The monoisotopic (exact) mass is 196 g/mol. The highest BCUT2D eigenvalue weighted by Crippen LogP contribution is 2.60. The molecule has 0 amide bonds. The molecule has 3 rings (SSSR count). The second-order valence-electron chi connectivity index (χ2n) is 5.58. The Kier molecular flexibility index (Phi) is 1.45. The Morgan fingerprint density at radius 3 is 2.79 bits per heavy atom. The molecule has 0 aromatic heterocycles. The van der Waals surface area contributed by atoms with E-state index in [0.717, 1.165) is 12.8 Å². The number of rotatable bonds is 1. The van der Waals surface area contributed by atoms with Gasteiger partial charge in [0.05, 0.1) is 11.5 Å². The first-order valence-corrected chi connectivity index (χ1v) is 5.41. The van der Waals surface area contributed by atoms with Crippen LogP contribution >= 0.6 is 0 Å². The fourth-order valence-corrected chi connectivity index (χ4v) is 4.00. The molecule has 3 heteroatoms. The van der Waals surface area contributed by atoms with Gasteiger partial charge in [-0.05, 0) is 32.6 Å². The van der Waals surface area contributed by atoms with Crippen LogP contribution in [0, 0.1) is 23.7 Å². The molecule has 2 bridgehead atoms. The van der Waals surface area contributed by atoms with Crippen molar-refractivity contribution in [2.45, 2.75) is 38.4 Å². The summed E-state index contributed by atoms with van der Waals surface area (Å²) in [6, 6.07) is 0. The van der Waals surface area contributed by atoms with Gasteiger partial charge in [-0.2, -0.15) is 0 Å². The fraction of sp³-hybridized carbons (Fsp3) is 0.909. The van der Waals surface area contributed by atoms with Gasteiger partial charge in [-0.1, -0.05) is 0 Å². The van der Waals surface area contributed by atoms with Gasteiger partial charge in [0.2, 0.25) is 0 Å². The maximum atomic E-state index is 11.6. The van der Waals surface area contributed by atoms with Crippen LogP contribution in [0.25, 0.3) is 0 Å². The van der Waals surface area contributed by atoms with Gasteiger partial charge < -0.3 is 9.84 Å². The van der Waals surface area contributed by atoms with E-state index < -0.39 is 5.60 Å². The zero-order valence-corrected chi connectivity index (χ0v) is 8.56. The molecule has 3 nitrogen and oxygen atoms in total. The lowest BCUT2D eigenvalue weighted by molar-refractivity contribution is -0.146. The van der Waals surface area contributed by atoms with Gasteiger partial charge in [-0.15, -0.1) is 0 Å². The zero-order chi connectivity index (χ0) is 10.1. The average Bonchev–Trinajstić information content (AvgIpc) is 2.59. The highest BCUT2D eigenvalue weighted by Gasteiger charge is 2.64. The molecule has 0 unspecified atom stereocenters. The van der Waals surface area contributed by atoms with Crippen LogP contribution in [0.3, 0.4) is 0 Å². The van der Waals surface area contributed by atoms with E-state index in [1.54, 1.807) is 0 Å². The summed E-state index contributed by atoms with van der Waals surface area (Å²) in [5.41, 5.74) is -0.738. The van der Waals surface area contributed by atoms with Crippen LogP contribution in [-0.4, -0.2) is 22.8 Å². The van der Waals surface area contributed by atoms with Gasteiger partial charge in [-0.25, -0.2) is 0 Å². The lowest BCUT2D eigenvalue weighted by Gasteiger charge is -2.34. The van der Waals surface area contributed by atoms with Crippen LogP contribution < -0.4 is 0 Å². The summed E-state index contributed by atoms with van der Waals surface area (Å²) in [4.78, 5) is 11.6. The van der Waals surface area contributed by atoms with Crippen LogP contribution in [0.5, 0.6) is 0 Å². The van der Waals surface area contributed by atoms with Gasteiger partial charge in [-0.3, -0.25) is 4.79 Å². The second-order valence-corrected chi connectivity index (χ2v) is 5.58. The van der Waals surface area contributed by atoms with Crippen molar-refractivity contribution in [1.29, 1.82) is 0 Å². The summed E-state index contributed by atoms with van der Waals surface area (Å²) in [7, 11) is 0. The van der Waals surface area contributed by atoms with Gasteiger partial charge in [0, 0.05) is 11.8 Å². The Labute approximate surface area is 83.4 Å². The summed E-state index contributed by atoms with van der Waals surface area (Å²) in [6.07, 6.45) is 2.23. The molecule has 0 aromatic carbocycles. The number of hydrogen-bond donors (Lipinski definition) is 1.